The maximum absolute atomic E-state index is 13.5. The second-order valence-corrected chi connectivity index (χ2v) is 4.73. The third-order valence-corrected chi connectivity index (χ3v) is 3.23. The Balaban J connectivity index is 2.32. The summed E-state index contributed by atoms with van der Waals surface area (Å²) in [5.41, 5.74) is -1.54. The molecule has 2 aromatic carbocycles. The van der Waals surface area contributed by atoms with Gasteiger partial charge in [-0.1, -0.05) is 11.6 Å². The Labute approximate surface area is 130 Å². The summed E-state index contributed by atoms with van der Waals surface area (Å²) in [6.07, 6.45) is 0. The molecule has 0 aliphatic carbocycles. The van der Waals surface area contributed by atoms with Crippen molar-refractivity contribution in [1.29, 1.82) is 0 Å². The van der Waals surface area contributed by atoms with Gasteiger partial charge in [0.1, 0.15) is 5.02 Å². The van der Waals surface area contributed by atoms with Crippen LogP contribution < -0.4 is 5.32 Å². The molecule has 0 saturated heterocycles. The van der Waals surface area contributed by atoms with Crippen LogP contribution in [0.3, 0.4) is 0 Å². The molecule has 0 unspecified atom stereocenters. The number of nitro benzene ring substituents is 1. The van der Waals surface area contributed by atoms with E-state index in [1.165, 1.54) is 6.07 Å². The van der Waals surface area contributed by atoms with E-state index in [9.17, 15) is 32.1 Å². The largest absolute Gasteiger partial charge is 0.381 e. The first-order chi connectivity index (χ1) is 10.7. The normalized spacial score (nSPS) is 10.7. The lowest BCUT2D eigenvalue weighted by Crippen LogP contribution is -2.11. The Morgan fingerprint density at radius 3 is 2.04 bits per heavy atom. The van der Waals surface area contributed by atoms with Gasteiger partial charge in [-0.05, 0) is 12.1 Å². The number of benzene rings is 2. The van der Waals surface area contributed by atoms with Crippen molar-refractivity contribution in [1.82, 2.24) is 0 Å². The van der Waals surface area contributed by atoms with Crippen LogP contribution in [0.1, 0.15) is 5.56 Å². The SMILES string of the molecule is O=[N+]([O-])c1cc(NCc2c(F)c(F)c(F)c(F)c2F)ccc1Cl. The van der Waals surface area contributed by atoms with E-state index < -0.39 is 51.8 Å². The molecule has 10 heteroatoms. The van der Waals surface area contributed by atoms with Crippen molar-refractivity contribution in [3.8, 4) is 0 Å². The zero-order valence-electron chi connectivity index (χ0n) is 11.0. The Morgan fingerprint density at radius 2 is 1.52 bits per heavy atom. The maximum Gasteiger partial charge on any atom is 0.289 e. The van der Waals surface area contributed by atoms with Crippen molar-refractivity contribution in [2.45, 2.75) is 6.54 Å². The third kappa shape index (κ3) is 3.19. The minimum atomic E-state index is -2.26. The van der Waals surface area contributed by atoms with Crippen LogP contribution in [-0.4, -0.2) is 4.92 Å². The zero-order valence-corrected chi connectivity index (χ0v) is 11.7. The topological polar surface area (TPSA) is 55.2 Å². The monoisotopic (exact) mass is 352 g/mol. The van der Waals surface area contributed by atoms with Crippen LogP contribution in [0.5, 0.6) is 0 Å². The summed E-state index contributed by atoms with van der Waals surface area (Å²) in [7, 11) is 0. The molecule has 1 N–H and O–H groups in total. The highest BCUT2D eigenvalue weighted by Gasteiger charge is 2.25. The molecule has 0 saturated carbocycles. The summed E-state index contributed by atoms with van der Waals surface area (Å²) in [4.78, 5) is 9.93. The first kappa shape index (κ1) is 16.9. The van der Waals surface area contributed by atoms with E-state index in [1.807, 2.05) is 0 Å². The molecule has 0 bridgehead atoms. The number of hydrogen-bond acceptors (Lipinski definition) is 3. The summed E-state index contributed by atoms with van der Waals surface area (Å²) < 4.78 is 66.0. The van der Waals surface area contributed by atoms with Gasteiger partial charge in [-0.15, -0.1) is 0 Å². The number of rotatable bonds is 4. The fourth-order valence-corrected chi connectivity index (χ4v) is 1.95. The number of nitrogens with zero attached hydrogens (tertiary/aromatic N) is 1. The van der Waals surface area contributed by atoms with Gasteiger partial charge in [0.05, 0.1) is 4.92 Å². The molecule has 0 radical (unpaired) electrons. The molecule has 0 heterocycles. The Hall–Kier alpha value is -2.42. The number of anilines is 1. The average molecular weight is 353 g/mol. The van der Waals surface area contributed by atoms with Gasteiger partial charge in [-0.3, -0.25) is 10.1 Å². The molecule has 0 spiro atoms. The molecule has 2 aromatic rings. The summed E-state index contributed by atoms with van der Waals surface area (Å²) in [5, 5.41) is 12.9. The van der Waals surface area contributed by atoms with Crippen LogP contribution in [0.2, 0.25) is 5.02 Å². The maximum atomic E-state index is 13.5. The van der Waals surface area contributed by atoms with E-state index >= 15 is 0 Å². The van der Waals surface area contributed by atoms with E-state index in [1.54, 1.807) is 0 Å². The standard InChI is InChI=1S/C13H6ClF5N2O2/c14-7-2-1-5(3-8(7)21(22)23)20-4-6-9(15)11(17)13(19)12(18)10(6)16/h1-3,20H,4H2. The quantitative estimate of drug-likeness (QED) is 0.289. The molecule has 0 fully saturated rings. The molecule has 0 amide bonds. The molecule has 122 valence electrons. The van der Waals surface area contributed by atoms with Crippen LogP contribution in [0.25, 0.3) is 0 Å². The first-order valence-corrected chi connectivity index (χ1v) is 6.30. The van der Waals surface area contributed by atoms with Crippen molar-refractivity contribution in [2.75, 3.05) is 5.32 Å². The summed E-state index contributed by atoms with van der Waals surface area (Å²) >= 11 is 5.59. The smallest absolute Gasteiger partial charge is 0.289 e. The van der Waals surface area contributed by atoms with E-state index in [0.717, 1.165) is 12.1 Å². The van der Waals surface area contributed by atoms with Gasteiger partial charge in [-0.2, -0.15) is 0 Å². The number of nitro groups is 1. The molecule has 0 aliphatic rings. The van der Waals surface area contributed by atoms with E-state index in [-0.39, 0.29) is 10.7 Å². The number of nitrogens with one attached hydrogen (secondary N) is 1. The fraction of sp³-hybridized carbons (Fsp3) is 0.0769. The lowest BCUT2D eigenvalue weighted by atomic mass is 10.1. The van der Waals surface area contributed by atoms with Crippen molar-refractivity contribution in [2.24, 2.45) is 0 Å². The van der Waals surface area contributed by atoms with Crippen molar-refractivity contribution < 1.29 is 26.9 Å². The van der Waals surface area contributed by atoms with E-state index in [0.29, 0.717) is 0 Å². The lowest BCUT2D eigenvalue weighted by Gasteiger charge is -2.10. The summed E-state index contributed by atoms with van der Waals surface area (Å²) in [5.74, 6) is -10.3. The Bertz CT molecular complexity index is 771. The summed E-state index contributed by atoms with van der Waals surface area (Å²) in [6, 6.07) is 3.37. The van der Waals surface area contributed by atoms with Gasteiger partial charge < -0.3 is 5.32 Å². The van der Waals surface area contributed by atoms with Gasteiger partial charge in [0, 0.05) is 23.9 Å². The zero-order chi connectivity index (χ0) is 17.3. The lowest BCUT2D eigenvalue weighted by molar-refractivity contribution is -0.384. The Kier molecular flexibility index (Phi) is 4.69. The van der Waals surface area contributed by atoms with Crippen molar-refractivity contribution in [3.63, 3.8) is 0 Å². The fourth-order valence-electron chi connectivity index (χ4n) is 1.76. The summed E-state index contributed by atoms with van der Waals surface area (Å²) in [6.45, 7) is -0.773. The first-order valence-electron chi connectivity index (χ1n) is 5.92. The van der Waals surface area contributed by atoms with Crippen LogP contribution in [0.4, 0.5) is 33.3 Å². The average Bonchev–Trinajstić information content (AvgIpc) is 2.52. The Morgan fingerprint density at radius 1 is 1.00 bits per heavy atom. The highest BCUT2D eigenvalue weighted by Crippen LogP contribution is 2.28. The molecule has 0 aliphatic heterocycles. The van der Waals surface area contributed by atoms with Crippen LogP contribution in [0.15, 0.2) is 18.2 Å². The predicted octanol–water partition coefficient (Wildman–Crippen LogP) is 4.56. The van der Waals surface area contributed by atoms with Gasteiger partial charge in [0.25, 0.3) is 5.69 Å². The molecule has 23 heavy (non-hydrogen) atoms. The highest BCUT2D eigenvalue weighted by atomic mass is 35.5. The van der Waals surface area contributed by atoms with Gasteiger partial charge >= 0.3 is 0 Å². The molecule has 0 atom stereocenters. The van der Waals surface area contributed by atoms with Crippen molar-refractivity contribution >= 4 is 23.0 Å². The van der Waals surface area contributed by atoms with Crippen LogP contribution in [0, 0.1) is 39.2 Å². The molecule has 4 nitrogen and oxygen atoms in total. The third-order valence-electron chi connectivity index (χ3n) is 2.91. The van der Waals surface area contributed by atoms with Crippen LogP contribution >= 0.6 is 11.6 Å². The predicted molar refractivity (Wildman–Crippen MR) is 71.7 cm³/mol. The molecule has 2 rings (SSSR count). The van der Waals surface area contributed by atoms with Crippen molar-refractivity contribution in [3.05, 3.63) is 68.0 Å². The minimum Gasteiger partial charge on any atom is -0.381 e. The molecular weight excluding hydrogens is 347 g/mol. The minimum absolute atomic E-state index is 0.0186. The number of halogens is 6. The second-order valence-electron chi connectivity index (χ2n) is 4.33. The van der Waals surface area contributed by atoms with E-state index in [2.05, 4.69) is 5.32 Å². The second kappa shape index (κ2) is 6.37. The van der Waals surface area contributed by atoms with Gasteiger partial charge in [0.15, 0.2) is 23.3 Å². The van der Waals surface area contributed by atoms with Gasteiger partial charge in [0.2, 0.25) is 5.82 Å². The van der Waals surface area contributed by atoms with Crippen LogP contribution in [-0.2, 0) is 6.54 Å². The number of hydrogen-bond donors (Lipinski definition) is 1. The highest BCUT2D eigenvalue weighted by molar-refractivity contribution is 6.32. The molecular formula is C13H6ClF5N2O2. The van der Waals surface area contributed by atoms with E-state index in [4.69, 9.17) is 11.6 Å². The molecule has 0 aromatic heterocycles. The van der Waals surface area contributed by atoms with Gasteiger partial charge in [-0.25, -0.2) is 22.0 Å².